The zero-order valence-corrected chi connectivity index (χ0v) is 26.1. The Balaban J connectivity index is 1.92. The summed E-state index contributed by atoms with van der Waals surface area (Å²) in [7, 11) is -1.73. The number of likely N-dealkylation sites (N-methyl/N-ethyl adjacent to an activating group) is 1. The van der Waals surface area contributed by atoms with Gasteiger partial charge in [-0.1, -0.05) is 26.2 Å². The van der Waals surface area contributed by atoms with Crippen molar-refractivity contribution < 1.29 is 32.6 Å². The molecule has 1 heterocycles. The Morgan fingerprint density at radius 3 is 2.49 bits per heavy atom. The Hall–Kier alpha value is -2.37. The van der Waals surface area contributed by atoms with E-state index < -0.39 is 16.1 Å². The van der Waals surface area contributed by atoms with Gasteiger partial charge in [0, 0.05) is 44.3 Å². The Kier molecular flexibility index (Phi) is 12.3. The maximum atomic E-state index is 14.1. The number of aliphatic hydroxyl groups is 1. The molecule has 232 valence electrons. The van der Waals surface area contributed by atoms with Gasteiger partial charge in [0.15, 0.2) is 0 Å². The minimum absolute atomic E-state index is 0.0581. The highest BCUT2D eigenvalue weighted by Gasteiger charge is 2.32. The quantitative estimate of drug-likeness (QED) is 0.490. The van der Waals surface area contributed by atoms with Gasteiger partial charge in [0.05, 0.1) is 36.7 Å². The predicted octanol–water partition coefficient (Wildman–Crippen LogP) is 3.89. The van der Waals surface area contributed by atoms with E-state index in [1.165, 1.54) is 12.5 Å². The van der Waals surface area contributed by atoms with Crippen molar-refractivity contribution in [3.63, 3.8) is 0 Å². The van der Waals surface area contributed by atoms with Gasteiger partial charge < -0.3 is 24.4 Å². The Labute approximate surface area is 245 Å². The number of fused-ring (bicyclic) bond motifs is 1. The molecule has 1 fully saturated rings. The lowest BCUT2D eigenvalue weighted by Gasteiger charge is -2.36. The molecule has 2 N–H and O–H groups in total. The molecule has 1 aliphatic carbocycles. The third-order valence-electron chi connectivity index (χ3n) is 8.14. The third kappa shape index (κ3) is 9.85. The summed E-state index contributed by atoms with van der Waals surface area (Å²) < 4.78 is 38.8. The molecule has 0 radical (unpaired) electrons. The molecule has 0 unspecified atom stereocenters. The summed E-state index contributed by atoms with van der Waals surface area (Å²) in [6.45, 7) is 6.69. The molecular formula is C30H49N3O7S. The van der Waals surface area contributed by atoms with Gasteiger partial charge in [0.25, 0.3) is 5.91 Å². The zero-order chi connectivity index (χ0) is 30.2. The number of nitrogens with one attached hydrogen (secondary N) is 1. The van der Waals surface area contributed by atoms with Crippen molar-refractivity contribution in [2.75, 3.05) is 44.3 Å². The van der Waals surface area contributed by atoms with Gasteiger partial charge in [-0.2, -0.15) is 0 Å². The number of amides is 2. The van der Waals surface area contributed by atoms with E-state index in [2.05, 4.69) is 4.72 Å². The number of carbonyl (C=O) groups is 2. The summed E-state index contributed by atoms with van der Waals surface area (Å²) in [5.41, 5.74) is 0.475. The first-order valence-electron chi connectivity index (χ1n) is 15.0. The highest BCUT2D eigenvalue weighted by atomic mass is 32.2. The molecule has 1 aliphatic heterocycles. The van der Waals surface area contributed by atoms with Crippen LogP contribution in [0.2, 0.25) is 0 Å². The van der Waals surface area contributed by atoms with Crippen molar-refractivity contribution in [3.05, 3.63) is 23.8 Å². The number of benzene rings is 1. The molecule has 0 saturated heterocycles. The SMILES string of the molecule is C[C@@H]1CCCCO[C@H](CN(C)C(=O)C2CCCCC2)[C@@H](C)CN([C@H](C)CO)C(=O)c2cc(NS(C)(=O)=O)ccc2O1. The highest BCUT2D eigenvalue weighted by Crippen LogP contribution is 2.29. The lowest BCUT2D eigenvalue weighted by atomic mass is 9.88. The van der Waals surface area contributed by atoms with E-state index in [9.17, 15) is 23.1 Å². The van der Waals surface area contributed by atoms with Crippen LogP contribution in [0.25, 0.3) is 0 Å². The van der Waals surface area contributed by atoms with Gasteiger partial charge in [-0.15, -0.1) is 0 Å². The fourth-order valence-electron chi connectivity index (χ4n) is 5.68. The second kappa shape index (κ2) is 15.2. The van der Waals surface area contributed by atoms with Crippen molar-refractivity contribution in [2.45, 2.75) is 90.4 Å². The van der Waals surface area contributed by atoms with Crippen LogP contribution in [-0.2, 0) is 19.6 Å². The topological polar surface area (TPSA) is 125 Å². The van der Waals surface area contributed by atoms with E-state index in [0.717, 1.165) is 51.2 Å². The van der Waals surface area contributed by atoms with Crippen LogP contribution in [0.5, 0.6) is 5.75 Å². The van der Waals surface area contributed by atoms with Crippen LogP contribution in [0, 0.1) is 11.8 Å². The van der Waals surface area contributed by atoms with Gasteiger partial charge in [0.2, 0.25) is 15.9 Å². The van der Waals surface area contributed by atoms with E-state index in [1.54, 1.807) is 28.9 Å². The van der Waals surface area contributed by atoms with Crippen LogP contribution in [-0.4, -0.2) is 93.0 Å². The minimum Gasteiger partial charge on any atom is -0.490 e. The number of ether oxygens (including phenoxy) is 2. The molecule has 4 atom stereocenters. The van der Waals surface area contributed by atoms with E-state index in [4.69, 9.17) is 9.47 Å². The number of anilines is 1. The normalized spacial score (nSPS) is 24.5. The molecule has 41 heavy (non-hydrogen) atoms. The number of sulfonamides is 1. The van der Waals surface area contributed by atoms with Crippen LogP contribution >= 0.6 is 0 Å². The summed E-state index contributed by atoms with van der Waals surface area (Å²) >= 11 is 0. The molecule has 1 saturated carbocycles. The monoisotopic (exact) mass is 595 g/mol. The zero-order valence-electron chi connectivity index (χ0n) is 25.3. The van der Waals surface area contributed by atoms with Crippen LogP contribution in [0.15, 0.2) is 18.2 Å². The van der Waals surface area contributed by atoms with Crippen molar-refractivity contribution in [1.29, 1.82) is 0 Å². The standard InChI is InChI=1S/C30H49N3O7S/c1-21-18-33(22(2)20-34)30(36)26-17-25(31-41(5,37)38)14-15-27(26)40-23(3)11-9-10-16-39-28(21)19-32(4)29(35)24-12-7-6-8-13-24/h14-15,17,21-24,28,31,34H,6-13,16,18-20H2,1-5H3/t21-,22+,23+,28+/m0/s1. The average Bonchev–Trinajstić information content (AvgIpc) is 2.93. The molecule has 1 aromatic rings. The lowest BCUT2D eigenvalue weighted by molar-refractivity contribution is -0.137. The predicted molar refractivity (Wildman–Crippen MR) is 160 cm³/mol. The fraction of sp³-hybridized carbons (Fsp3) is 0.733. The molecule has 2 aliphatic rings. The van der Waals surface area contributed by atoms with Gasteiger partial charge >= 0.3 is 0 Å². The number of aliphatic hydroxyl groups excluding tert-OH is 1. The molecule has 10 nitrogen and oxygen atoms in total. The van der Waals surface area contributed by atoms with Crippen molar-refractivity contribution in [1.82, 2.24) is 9.80 Å². The maximum absolute atomic E-state index is 14.1. The number of nitrogens with zero attached hydrogens (tertiary/aromatic N) is 2. The molecule has 1 aromatic carbocycles. The second-order valence-electron chi connectivity index (χ2n) is 11.9. The molecular weight excluding hydrogens is 546 g/mol. The molecule has 0 aromatic heterocycles. The maximum Gasteiger partial charge on any atom is 0.258 e. The van der Waals surface area contributed by atoms with E-state index >= 15 is 0 Å². The van der Waals surface area contributed by atoms with Gasteiger partial charge in [-0.25, -0.2) is 8.42 Å². The third-order valence-corrected chi connectivity index (χ3v) is 8.75. The van der Waals surface area contributed by atoms with Crippen molar-refractivity contribution in [3.8, 4) is 5.75 Å². The first-order chi connectivity index (χ1) is 19.4. The Morgan fingerprint density at radius 2 is 1.83 bits per heavy atom. The van der Waals surface area contributed by atoms with E-state index in [0.29, 0.717) is 18.9 Å². The van der Waals surface area contributed by atoms with Crippen molar-refractivity contribution in [2.24, 2.45) is 11.8 Å². The van der Waals surface area contributed by atoms with Gasteiger partial charge in [0.1, 0.15) is 5.75 Å². The lowest BCUT2D eigenvalue weighted by Crippen LogP contribution is -2.48. The van der Waals surface area contributed by atoms with Crippen LogP contribution in [0.3, 0.4) is 0 Å². The molecule has 11 heteroatoms. The number of rotatable bonds is 7. The second-order valence-corrected chi connectivity index (χ2v) is 13.7. The van der Waals surface area contributed by atoms with E-state index in [1.807, 2.05) is 20.9 Å². The summed E-state index contributed by atoms with van der Waals surface area (Å²) in [6, 6.07) is 4.17. The number of hydrogen-bond acceptors (Lipinski definition) is 7. The van der Waals surface area contributed by atoms with E-state index in [-0.39, 0.29) is 60.3 Å². The first kappa shape index (κ1) is 33.1. The molecule has 2 amide bonds. The van der Waals surface area contributed by atoms with Crippen LogP contribution < -0.4 is 9.46 Å². The summed E-state index contributed by atoms with van der Waals surface area (Å²) in [4.78, 5) is 30.7. The highest BCUT2D eigenvalue weighted by molar-refractivity contribution is 7.92. The molecule has 0 spiro atoms. The van der Waals surface area contributed by atoms with Crippen molar-refractivity contribution >= 4 is 27.5 Å². The number of carbonyl (C=O) groups excluding carboxylic acids is 2. The molecule has 3 rings (SSSR count). The van der Waals surface area contributed by atoms with Gasteiger partial charge in [-0.05, 0) is 64.2 Å². The average molecular weight is 596 g/mol. The first-order valence-corrected chi connectivity index (χ1v) is 16.9. The number of hydrogen-bond donors (Lipinski definition) is 2. The molecule has 0 bridgehead atoms. The fourth-order valence-corrected chi connectivity index (χ4v) is 6.24. The van der Waals surface area contributed by atoms with Gasteiger partial charge in [-0.3, -0.25) is 14.3 Å². The smallest absolute Gasteiger partial charge is 0.258 e. The minimum atomic E-state index is -3.56. The summed E-state index contributed by atoms with van der Waals surface area (Å²) in [5.74, 6) is 0.0514. The summed E-state index contributed by atoms with van der Waals surface area (Å²) in [6.07, 6.45) is 8.21. The van der Waals surface area contributed by atoms with Crippen LogP contribution in [0.1, 0.15) is 82.5 Å². The Bertz CT molecular complexity index is 1120. The Morgan fingerprint density at radius 1 is 1.15 bits per heavy atom. The van der Waals surface area contributed by atoms with Crippen LogP contribution in [0.4, 0.5) is 5.69 Å². The summed E-state index contributed by atoms with van der Waals surface area (Å²) in [5, 5.41) is 10.1. The largest absolute Gasteiger partial charge is 0.490 e.